The Labute approximate surface area is 126 Å². The van der Waals surface area contributed by atoms with Gasteiger partial charge in [-0.2, -0.15) is 0 Å². The maximum Gasteiger partial charge on any atom is 0.237 e. The Morgan fingerprint density at radius 2 is 2.15 bits per heavy atom. The summed E-state index contributed by atoms with van der Waals surface area (Å²) in [5.41, 5.74) is 1.39. The van der Waals surface area contributed by atoms with Gasteiger partial charge in [0.1, 0.15) is 0 Å². The van der Waals surface area contributed by atoms with Crippen LogP contribution in [0.1, 0.15) is 56.4 Å². The Morgan fingerprint density at radius 1 is 1.40 bits per heavy atom. The number of hydrogen-bond donors (Lipinski definition) is 2. The number of nitrogens with one attached hydrogen (secondary N) is 2. The van der Waals surface area contributed by atoms with Crippen LogP contribution < -0.4 is 10.6 Å². The third-order valence-electron chi connectivity index (χ3n) is 4.13. The molecule has 1 unspecified atom stereocenters. The number of rotatable bonds is 6. The van der Waals surface area contributed by atoms with Crippen molar-refractivity contribution < 1.29 is 4.79 Å². The van der Waals surface area contributed by atoms with E-state index in [4.69, 9.17) is 0 Å². The average molecular weight is 294 g/mol. The van der Waals surface area contributed by atoms with Crippen LogP contribution in [-0.2, 0) is 17.8 Å². The van der Waals surface area contributed by atoms with E-state index in [2.05, 4.69) is 29.0 Å². The van der Waals surface area contributed by atoms with E-state index >= 15 is 0 Å². The minimum absolute atomic E-state index is 0.122. The molecule has 2 N–H and O–H groups in total. The molecule has 1 aliphatic rings. The minimum atomic E-state index is -0.122. The van der Waals surface area contributed by atoms with E-state index in [0.29, 0.717) is 6.04 Å². The van der Waals surface area contributed by atoms with Crippen LogP contribution in [0.25, 0.3) is 0 Å². The third kappa shape index (κ3) is 4.32. The zero-order chi connectivity index (χ0) is 14.4. The van der Waals surface area contributed by atoms with Gasteiger partial charge in [-0.15, -0.1) is 11.3 Å². The Morgan fingerprint density at radius 3 is 2.85 bits per heavy atom. The van der Waals surface area contributed by atoms with Crippen LogP contribution in [0.5, 0.6) is 0 Å². The molecule has 1 saturated carbocycles. The van der Waals surface area contributed by atoms with Gasteiger partial charge in [-0.25, -0.2) is 0 Å². The molecular formula is C16H26N2OS. The van der Waals surface area contributed by atoms with Gasteiger partial charge in [-0.05, 0) is 43.2 Å². The SMILES string of the molecule is CCc1ccsc1CNC(C)C(=O)NC1CCCCC1. The summed E-state index contributed by atoms with van der Waals surface area (Å²) >= 11 is 1.77. The van der Waals surface area contributed by atoms with Gasteiger partial charge in [0.25, 0.3) is 0 Å². The number of carbonyl (C=O) groups is 1. The van der Waals surface area contributed by atoms with Crippen molar-refractivity contribution >= 4 is 17.2 Å². The summed E-state index contributed by atoms with van der Waals surface area (Å²) in [5, 5.41) is 8.65. The van der Waals surface area contributed by atoms with Gasteiger partial charge in [0, 0.05) is 17.5 Å². The van der Waals surface area contributed by atoms with Gasteiger partial charge in [-0.1, -0.05) is 26.2 Å². The zero-order valence-corrected chi connectivity index (χ0v) is 13.4. The van der Waals surface area contributed by atoms with Crippen LogP contribution in [0.4, 0.5) is 0 Å². The Kier molecular flexibility index (Phi) is 6.05. The van der Waals surface area contributed by atoms with E-state index in [1.54, 1.807) is 11.3 Å². The van der Waals surface area contributed by atoms with E-state index in [1.165, 1.54) is 29.7 Å². The van der Waals surface area contributed by atoms with E-state index in [0.717, 1.165) is 25.8 Å². The summed E-state index contributed by atoms with van der Waals surface area (Å²) in [6, 6.07) is 2.45. The molecule has 4 heteroatoms. The molecule has 0 saturated heterocycles. The molecule has 112 valence electrons. The first-order valence-corrected chi connectivity index (χ1v) is 8.67. The number of aryl methyl sites for hydroxylation is 1. The molecule has 1 aromatic heterocycles. The normalized spacial score (nSPS) is 17.9. The topological polar surface area (TPSA) is 41.1 Å². The monoisotopic (exact) mass is 294 g/mol. The van der Waals surface area contributed by atoms with Crippen LogP contribution >= 0.6 is 11.3 Å². The molecule has 1 heterocycles. The molecule has 0 radical (unpaired) electrons. The van der Waals surface area contributed by atoms with Crippen molar-refractivity contribution in [1.82, 2.24) is 10.6 Å². The Bertz CT molecular complexity index is 424. The molecule has 3 nitrogen and oxygen atoms in total. The van der Waals surface area contributed by atoms with Crippen LogP contribution in [0.2, 0.25) is 0 Å². The van der Waals surface area contributed by atoms with Crippen LogP contribution in [-0.4, -0.2) is 18.0 Å². The van der Waals surface area contributed by atoms with Gasteiger partial charge < -0.3 is 10.6 Å². The van der Waals surface area contributed by atoms with Gasteiger partial charge in [0.2, 0.25) is 5.91 Å². The van der Waals surface area contributed by atoms with Crippen molar-refractivity contribution in [2.75, 3.05) is 0 Å². The standard InChI is InChI=1S/C16H26N2OS/c1-3-13-9-10-20-15(13)11-17-12(2)16(19)18-14-7-5-4-6-8-14/h9-10,12,14,17H,3-8,11H2,1-2H3,(H,18,19). The number of thiophene rings is 1. The molecule has 1 atom stereocenters. The minimum Gasteiger partial charge on any atom is -0.352 e. The second-order valence-corrected chi connectivity index (χ2v) is 6.67. The summed E-state index contributed by atoms with van der Waals surface area (Å²) in [6.07, 6.45) is 7.16. The third-order valence-corrected chi connectivity index (χ3v) is 5.10. The summed E-state index contributed by atoms with van der Waals surface area (Å²) in [7, 11) is 0. The second-order valence-electron chi connectivity index (χ2n) is 5.67. The van der Waals surface area contributed by atoms with Crippen molar-refractivity contribution in [2.24, 2.45) is 0 Å². The van der Waals surface area contributed by atoms with Gasteiger partial charge >= 0.3 is 0 Å². The fourth-order valence-corrected chi connectivity index (χ4v) is 3.68. The lowest BCUT2D eigenvalue weighted by Crippen LogP contribution is -2.46. The lowest BCUT2D eigenvalue weighted by Gasteiger charge is -2.24. The van der Waals surface area contributed by atoms with Crippen LogP contribution in [0, 0.1) is 0 Å². The molecule has 1 fully saturated rings. The number of carbonyl (C=O) groups excluding carboxylic acids is 1. The number of amides is 1. The van der Waals surface area contributed by atoms with Gasteiger partial charge in [-0.3, -0.25) is 4.79 Å². The van der Waals surface area contributed by atoms with Gasteiger partial charge in [0.15, 0.2) is 0 Å². The number of hydrogen-bond acceptors (Lipinski definition) is 3. The molecule has 1 amide bonds. The quantitative estimate of drug-likeness (QED) is 0.845. The molecule has 1 aliphatic carbocycles. The van der Waals surface area contributed by atoms with Crippen molar-refractivity contribution in [3.63, 3.8) is 0 Å². The molecule has 0 aliphatic heterocycles. The summed E-state index contributed by atoms with van der Waals surface area (Å²) < 4.78 is 0. The Hall–Kier alpha value is -0.870. The lowest BCUT2D eigenvalue weighted by atomic mass is 9.95. The first-order chi connectivity index (χ1) is 9.70. The highest BCUT2D eigenvalue weighted by Gasteiger charge is 2.19. The van der Waals surface area contributed by atoms with E-state index in [-0.39, 0.29) is 11.9 Å². The van der Waals surface area contributed by atoms with Crippen molar-refractivity contribution in [3.8, 4) is 0 Å². The van der Waals surface area contributed by atoms with Gasteiger partial charge in [0.05, 0.1) is 6.04 Å². The average Bonchev–Trinajstić information content (AvgIpc) is 2.93. The maximum atomic E-state index is 12.2. The van der Waals surface area contributed by atoms with Crippen molar-refractivity contribution in [1.29, 1.82) is 0 Å². The highest BCUT2D eigenvalue weighted by atomic mass is 32.1. The van der Waals surface area contributed by atoms with E-state index in [1.807, 2.05) is 6.92 Å². The molecule has 0 aromatic carbocycles. The second kappa shape index (κ2) is 7.79. The first kappa shape index (κ1) is 15.5. The first-order valence-electron chi connectivity index (χ1n) is 7.79. The Balaban J connectivity index is 1.76. The van der Waals surface area contributed by atoms with Crippen molar-refractivity contribution in [3.05, 3.63) is 21.9 Å². The van der Waals surface area contributed by atoms with E-state index in [9.17, 15) is 4.79 Å². The van der Waals surface area contributed by atoms with Crippen LogP contribution in [0.15, 0.2) is 11.4 Å². The van der Waals surface area contributed by atoms with E-state index < -0.39 is 0 Å². The smallest absolute Gasteiger partial charge is 0.237 e. The van der Waals surface area contributed by atoms with Crippen LogP contribution in [0.3, 0.4) is 0 Å². The highest BCUT2D eigenvalue weighted by Crippen LogP contribution is 2.18. The zero-order valence-electron chi connectivity index (χ0n) is 12.6. The largest absolute Gasteiger partial charge is 0.352 e. The summed E-state index contributed by atoms with van der Waals surface area (Å²) in [6.45, 7) is 4.92. The molecule has 20 heavy (non-hydrogen) atoms. The predicted molar refractivity (Wildman–Crippen MR) is 85.0 cm³/mol. The molecule has 2 rings (SSSR count). The van der Waals surface area contributed by atoms with Crippen molar-refractivity contribution in [2.45, 2.75) is 71.0 Å². The predicted octanol–water partition coefficient (Wildman–Crippen LogP) is 3.24. The fourth-order valence-electron chi connectivity index (χ4n) is 2.75. The highest BCUT2D eigenvalue weighted by molar-refractivity contribution is 7.10. The fraction of sp³-hybridized carbons (Fsp3) is 0.688. The molecule has 0 bridgehead atoms. The summed E-state index contributed by atoms with van der Waals surface area (Å²) in [5.74, 6) is 0.145. The molecule has 0 spiro atoms. The lowest BCUT2D eigenvalue weighted by molar-refractivity contribution is -0.123. The molecular weight excluding hydrogens is 268 g/mol. The summed E-state index contributed by atoms with van der Waals surface area (Å²) in [4.78, 5) is 13.5. The maximum absolute atomic E-state index is 12.2. The molecule has 1 aromatic rings.